The Balaban J connectivity index is 1.46. The molecule has 3 aromatic heterocycles. The van der Waals surface area contributed by atoms with E-state index in [0.29, 0.717) is 28.2 Å². The minimum Gasteiger partial charge on any atom is -0.469 e. The maximum absolute atomic E-state index is 12.6. The second-order valence-corrected chi connectivity index (χ2v) is 9.49. The number of amides is 1. The Labute approximate surface area is 183 Å². The van der Waals surface area contributed by atoms with Gasteiger partial charge in [-0.2, -0.15) is 5.26 Å². The van der Waals surface area contributed by atoms with E-state index < -0.39 is 0 Å². The largest absolute Gasteiger partial charge is 0.469 e. The third-order valence-electron chi connectivity index (χ3n) is 5.34. The fraction of sp³-hybridized carbons (Fsp3) is 0.429. The SMILES string of the molecule is CCn1c(SCC(=O)Nc2sc3c(c2C#N)CCC(C)C3)nnc1-c1ccoc1C. The standard InChI is InChI=1S/C21H23N5O2S2/c1-4-26-19(14-7-8-28-13(14)3)24-25-21(26)29-11-18(27)23-20-16(10-22)15-6-5-12(2)9-17(15)30-20/h7-8,12H,4-6,9,11H2,1-3H3,(H,23,27). The number of aryl methyl sites for hydroxylation is 1. The molecule has 0 radical (unpaired) electrons. The number of thiophene rings is 1. The predicted octanol–water partition coefficient (Wildman–Crippen LogP) is 4.66. The zero-order valence-corrected chi connectivity index (χ0v) is 18.8. The number of carbonyl (C=O) groups excluding carboxylic acids is 1. The van der Waals surface area contributed by atoms with Gasteiger partial charge in [-0.05, 0) is 50.7 Å². The molecule has 3 aromatic rings. The summed E-state index contributed by atoms with van der Waals surface area (Å²) in [5.41, 5.74) is 2.65. The zero-order chi connectivity index (χ0) is 21.3. The van der Waals surface area contributed by atoms with E-state index in [9.17, 15) is 10.1 Å². The number of aromatic nitrogens is 3. The molecule has 30 heavy (non-hydrogen) atoms. The number of nitrogens with one attached hydrogen (secondary N) is 1. The van der Waals surface area contributed by atoms with Crippen LogP contribution in [0.4, 0.5) is 5.00 Å². The monoisotopic (exact) mass is 441 g/mol. The Hall–Kier alpha value is -2.57. The van der Waals surface area contributed by atoms with Gasteiger partial charge in [-0.15, -0.1) is 21.5 Å². The second-order valence-electron chi connectivity index (χ2n) is 7.45. The lowest BCUT2D eigenvalue weighted by Gasteiger charge is -2.17. The Bertz CT molecular complexity index is 1120. The van der Waals surface area contributed by atoms with Gasteiger partial charge in [0.05, 0.1) is 23.1 Å². The van der Waals surface area contributed by atoms with E-state index in [4.69, 9.17) is 4.42 Å². The predicted molar refractivity (Wildman–Crippen MR) is 118 cm³/mol. The number of rotatable bonds is 6. The Morgan fingerprint density at radius 1 is 1.50 bits per heavy atom. The summed E-state index contributed by atoms with van der Waals surface area (Å²) < 4.78 is 7.35. The quantitative estimate of drug-likeness (QED) is 0.559. The number of nitriles is 1. The van der Waals surface area contributed by atoms with Gasteiger partial charge in [-0.3, -0.25) is 4.79 Å². The number of carbonyl (C=O) groups is 1. The molecule has 156 valence electrons. The van der Waals surface area contributed by atoms with E-state index in [1.807, 2.05) is 24.5 Å². The number of nitrogens with zero attached hydrogens (tertiary/aromatic N) is 4. The van der Waals surface area contributed by atoms with Crippen molar-refractivity contribution in [2.45, 2.75) is 51.7 Å². The molecule has 7 nitrogen and oxygen atoms in total. The number of hydrogen-bond acceptors (Lipinski definition) is 7. The lowest BCUT2D eigenvalue weighted by atomic mass is 9.89. The molecule has 0 spiro atoms. The van der Waals surface area contributed by atoms with E-state index in [1.54, 1.807) is 17.6 Å². The van der Waals surface area contributed by atoms with Crippen LogP contribution in [0.15, 0.2) is 21.9 Å². The highest BCUT2D eigenvalue weighted by Gasteiger charge is 2.25. The van der Waals surface area contributed by atoms with Gasteiger partial charge >= 0.3 is 0 Å². The topological polar surface area (TPSA) is 96.7 Å². The summed E-state index contributed by atoms with van der Waals surface area (Å²) in [6.07, 6.45) is 4.62. The molecule has 0 aromatic carbocycles. The van der Waals surface area contributed by atoms with Crippen LogP contribution in [0.5, 0.6) is 0 Å². The maximum Gasteiger partial charge on any atom is 0.235 e. The molecule has 9 heteroatoms. The van der Waals surface area contributed by atoms with Crippen molar-refractivity contribution in [3.05, 3.63) is 34.1 Å². The van der Waals surface area contributed by atoms with Gasteiger partial charge in [0.1, 0.15) is 16.8 Å². The van der Waals surface area contributed by atoms with Crippen LogP contribution in [0.2, 0.25) is 0 Å². The van der Waals surface area contributed by atoms with Gasteiger partial charge in [-0.25, -0.2) is 0 Å². The van der Waals surface area contributed by atoms with Crippen LogP contribution in [0.1, 0.15) is 42.0 Å². The average Bonchev–Trinajstić information content (AvgIpc) is 3.41. The van der Waals surface area contributed by atoms with Crippen LogP contribution in [-0.2, 0) is 24.2 Å². The first kappa shape index (κ1) is 20.7. The average molecular weight is 442 g/mol. The fourth-order valence-corrected chi connectivity index (χ4v) is 5.93. The van der Waals surface area contributed by atoms with Crippen molar-refractivity contribution in [3.8, 4) is 17.5 Å². The molecule has 1 aliphatic carbocycles. The van der Waals surface area contributed by atoms with Crippen molar-refractivity contribution in [3.63, 3.8) is 0 Å². The number of fused-ring (bicyclic) bond motifs is 1. The summed E-state index contributed by atoms with van der Waals surface area (Å²) >= 11 is 2.88. The van der Waals surface area contributed by atoms with Crippen molar-refractivity contribution < 1.29 is 9.21 Å². The summed E-state index contributed by atoms with van der Waals surface area (Å²) in [5, 5.41) is 22.5. The smallest absolute Gasteiger partial charge is 0.235 e. The first-order valence-corrected chi connectivity index (χ1v) is 11.8. The molecular weight excluding hydrogens is 418 g/mol. The molecule has 1 unspecified atom stereocenters. The number of thioether (sulfide) groups is 1. The molecule has 4 rings (SSSR count). The molecule has 1 amide bonds. The van der Waals surface area contributed by atoms with Crippen molar-refractivity contribution in [2.75, 3.05) is 11.1 Å². The number of anilines is 1. The third kappa shape index (κ3) is 3.89. The Morgan fingerprint density at radius 2 is 2.33 bits per heavy atom. The fourth-order valence-electron chi connectivity index (χ4n) is 3.75. The Kier molecular flexibility index (Phi) is 5.97. The highest BCUT2D eigenvalue weighted by atomic mass is 32.2. The molecule has 0 bridgehead atoms. The highest BCUT2D eigenvalue weighted by molar-refractivity contribution is 7.99. The zero-order valence-electron chi connectivity index (χ0n) is 17.2. The molecule has 1 atom stereocenters. The summed E-state index contributed by atoms with van der Waals surface area (Å²) in [7, 11) is 0. The molecule has 0 saturated heterocycles. The summed E-state index contributed by atoms with van der Waals surface area (Å²) in [5.74, 6) is 2.20. The summed E-state index contributed by atoms with van der Waals surface area (Å²) in [6, 6.07) is 4.16. The third-order valence-corrected chi connectivity index (χ3v) is 7.48. The van der Waals surface area contributed by atoms with Crippen molar-refractivity contribution in [1.82, 2.24) is 14.8 Å². The maximum atomic E-state index is 12.6. The van der Waals surface area contributed by atoms with Crippen LogP contribution in [0, 0.1) is 24.2 Å². The Morgan fingerprint density at radius 3 is 3.03 bits per heavy atom. The minimum absolute atomic E-state index is 0.144. The van der Waals surface area contributed by atoms with Gasteiger partial charge in [0.2, 0.25) is 5.91 Å². The van der Waals surface area contributed by atoms with Crippen molar-refractivity contribution in [1.29, 1.82) is 5.26 Å². The van der Waals surface area contributed by atoms with Crippen LogP contribution >= 0.6 is 23.1 Å². The van der Waals surface area contributed by atoms with Crippen molar-refractivity contribution in [2.24, 2.45) is 5.92 Å². The molecule has 3 heterocycles. The van der Waals surface area contributed by atoms with Crippen LogP contribution in [0.25, 0.3) is 11.4 Å². The first-order valence-electron chi connectivity index (χ1n) is 9.96. The molecule has 0 saturated carbocycles. The first-order chi connectivity index (χ1) is 14.5. The number of hydrogen-bond donors (Lipinski definition) is 1. The van der Waals surface area contributed by atoms with Gasteiger partial charge in [0.15, 0.2) is 11.0 Å². The molecular formula is C21H23N5O2S2. The van der Waals surface area contributed by atoms with Gasteiger partial charge in [0.25, 0.3) is 0 Å². The molecule has 1 aliphatic rings. The normalized spacial score (nSPS) is 15.6. The highest BCUT2D eigenvalue weighted by Crippen LogP contribution is 2.39. The summed E-state index contributed by atoms with van der Waals surface area (Å²) in [4.78, 5) is 13.8. The van der Waals surface area contributed by atoms with Crippen LogP contribution < -0.4 is 5.32 Å². The van der Waals surface area contributed by atoms with Crippen LogP contribution in [0.3, 0.4) is 0 Å². The van der Waals surface area contributed by atoms with E-state index in [1.165, 1.54) is 16.6 Å². The lowest BCUT2D eigenvalue weighted by Crippen LogP contribution is -2.14. The van der Waals surface area contributed by atoms with E-state index >= 15 is 0 Å². The molecule has 1 N–H and O–H groups in total. The van der Waals surface area contributed by atoms with E-state index in [0.717, 1.165) is 42.0 Å². The lowest BCUT2D eigenvalue weighted by molar-refractivity contribution is -0.113. The van der Waals surface area contributed by atoms with E-state index in [-0.39, 0.29) is 11.7 Å². The van der Waals surface area contributed by atoms with Gasteiger partial charge < -0.3 is 14.3 Å². The van der Waals surface area contributed by atoms with Crippen LogP contribution in [-0.4, -0.2) is 26.4 Å². The van der Waals surface area contributed by atoms with E-state index in [2.05, 4.69) is 28.5 Å². The molecule has 0 fully saturated rings. The van der Waals surface area contributed by atoms with Crippen molar-refractivity contribution >= 4 is 34.0 Å². The second kappa shape index (κ2) is 8.66. The van der Waals surface area contributed by atoms with Gasteiger partial charge in [-0.1, -0.05) is 18.7 Å². The summed E-state index contributed by atoms with van der Waals surface area (Å²) in [6.45, 7) is 6.82. The van der Waals surface area contributed by atoms with Gasteiger partial charge in [0, 0.05) is 11.4 Å². The molecule has 0 aliphatic heterocycles. The number of furan rings is 1. The minimum atomic E-state index is -0.144.